The van der Waals surface area contributed by atoms with Gasteiger partial charge in [-0.2, -0.15) is 11.8 Å². The predicted molar refractivity (Wildman–Crippen MR) is 75.6 cm³/mol. The van der Waals surface area contributed by atoms with Crippen molar-refractivity contribution in [3.05, 3.63) is 40.5 Å². The summed E-state index contributed by atoms with van der Waals surface area (Å²) >= 11 is 3.54. The first-order valence-electron chi connectivity index (χ1n) is 5.86. The highest BCUT2D eigenvalue weighted by Gasteiger charge is 2.19. The van der Waals surface area contributed by atoms with Gasteiger partial charge in [0.2, 0.25) is 0 Å². The lowest BCUT2D eigenvalue weighted by atomic mass is 10.1. The molecule has 1 aromatic heterocycles. The van der Waals surface area contributed by atoms with Gasteiger partial charge >= 0.3 is 0 Å². The molecular formula is C13H13FN2S2. The van der Waals surface area contributed by atoms with Crippen molar-refractivity contribution >= 4 is 23.1 Å². The van der Waals surface area contributed by atoms with E-state index in [0.29, 0.717) is 11.6 Å². The molecule has 2 heterocycles. The number of thioether (sulfide) groups is 1. The fourth-order valence-corrected chi connectivity index (χ4v) is 3.90. The normalized spacial score (nSPS) is 19.9. The first-order valence-corrected chi connectivity index (χ1v) is 7.89. The van der Waals surface area contributed by atoms with Crippen molar-refractivity contribution in [2.75, 3.05) is 18.1 Å². The van der Waals surface area contributed by atoms with Crippen LogP contribution in [0.5, 0.6) is 0 Å². The van der Waals surface area contributed by atoms with Crippen molar-refractivity contribution in [1.82, 2.24) is 10.3 Å². The van der Waals surface area contributed by atoms with Crippen LogP contribution in [0.1, 0.15) is 11.0 Å². The zero-order valence-electron chi connectivity index (χ0n) is 9.73. The molecule has 0 amide bonds. The number of hydrogen-bond donors (Lipinski definition) is 1. The average molecular weight is 280 g/mol. The zero-order chi connectivity index (χ0) is 12.4. The minimum absolute atomic E-state index is 0.208. The van der Waals surface area contributed by atoms with Gasteiger partial charge in [-0.1, -0.05) is 12.1 Å². The molecule has 0 bridgehead atoms. The summed E-state index contributed by atoms with van der Waals surface area (Å²) < 4.78 is 13.7. The lowest BCUT2D eigenvalue weighted by Gasteiger charge is -2.20. The van der Waals surface area contributed by atoms with Crippen LogP contribution in [0.2, 0.25) is 0 Å². The first kappa shape index (κ1) is 12.1. The maximum Gasteiger partial charge on any atom is 0.132 e. The quantitative estimate of drug-likeness (QED) is 0.913. The van der Waals surface area contributed by atoms with Crippen molar-refractivity contribution in [2.45, 2.75) is 6.04 Å². The number of nitrogens with one attached hydrogen (secondary N) is 1. The minimum atomic E-state index is -0.208. The van der Waals surface area contributed by atoms with Crippen LogP contribution < -0.4 is 5.32 Å². The van der Waals surface area contributed by atoms with Gasteiger partial charge in [0.15, 0.2) is 0 Å². The van der Waals surface area contributed by atoms with Gasteiger partial charge < -0.3 is 5.32 Å². The molecule has 2 nitrogen and oxygen atoms in total. The van der Waals surface area contributed by atoms with E-state index in [4.69, 9.17) is 0 Å². The molecule has 94 valence electrons. The Morgan fingerprint density at radius 1 is 1.33 bits per heavy atom. The van der Waals surface area contributed by atoms with Crippen LogP contribution in [0.15, 0.2) is 29.6 Å². The van der Waals surface area contributed by atoms with Gasteiger partial charge in [0, 0.05) is 29.0 Å². The summed E-state index contributed by atoms with van der Waals surface area (Å²) in [7, 11) is 0. The van der Waals surface area contributed by atoms with E-state index in [1.807, 2.05) is 23.2 Å². The molecule has 1 aliphatic rings. The van der Waals surface area contributed by atoms with Gasteiger partial charge in [0.25, 0.3) is 0 Å². The van der Waals surface area contributed by atoms with E-state index in [0.717, 1.165) is 28.8 Å². The predicted octanol–water partition coefficient (Wildman–Crippen LogP) is 3.33. The van der Waals surface area contributed by atoms with E-state index in [-0.39, 0.29) is 5.82 Å². The van der Waals surface area contributed by atoms with Crippen molar-refractivity contribution in [1.29, 1.82) is 0 Å². The lowest BCUT2D eigenvalue weighted by Crippen LogP contribution is -2.30. The molecule has 1 unspecified atom stereocenters. The summed E-state index contributed by atoms with van der Waals surface area (Å²) in [6.45, 7) is 1.02. The average Bonchev–Trinajstić information content (AvgIpc) is 2.90. The summed E-state index contributed by atoms with van der Waals surface area (Å²) in [5.74, 6) is 1.99. The first-order chi connectivity index (χ1) is 8.84. The molecule has 0 spiro atoms. The third-order valence-corrected chi connectivity index (χ3v) is 4.91. The monoisotopic (exact) mass is 280 g/mol. The minimum Gasteiger partial charge on any atom is -0.306 e. The highest BCUT2D eigenvalue weighted by Crippen LogP contribution is 2.29. The van der Waals surface area contributed by atoms with Crippen LogP contribution in [0, 0.1) is 5.82 Å². The number of halogens is 1. The summed E-state index contributed by atoms with van der Waals surface area (Å²) in [6.07, 6.45) is 0. The molecule has 1 aliphatic heterocycles. The molecule has 2 aromatic rings. The lowest BCUT2D eigenvalue weighted by molar-refractivity contribution is 0.591. The summed E-state index contributed by atoms with van der Waals surface area (Å²) in [6, 6.07) is 7.10. The van der Waals surface area contributed by atoms with E-state index in [2.05, 4.69) is 10.3 Å². The second-order valence-corrected chi connectivity index (χ2v) is 6.17. The molecule has 0 aliphatic carbocycles. The Morgan fingerprint density at radius 3 is 3.00 bits per heavy atom. The van der Waals surface area contributed by atoms with Gasteiger partial charge in [-0.15, -0.1) is 11.3 Å². The SMILES string of the molecule is Fc1ccccc1-c1csc(C2CSCCN2)n1. The molecule has 1 atom stereocenters. The zero-order valence-corrected chi connectivity index (χ0v) is 11.4. The van der Waals surface area contributed by atoms with E-state index >= 15 is 0 Å². The molecule has 1 aromatic carbocycles. The Balaban J connectivity index is 1.87. The van der Waals surface area contributed by atoms with Crippen molar-refractivity contribution in [3.8, 4) is 11.3 Å². The van der Waals surface area contributed by atoms with Gasteiger partial charge in [-0.25, -0.2) is 9.37 Å². The van der Waals surface area contributed by atoms with E-state index < -0.39 is 0 Å². The molecule has 1 saturated heterocycles. The Hall–Kier alpha value is -0.910. The smallest absolute Gasteiger partial charge is 0.132 e. The van der Waals surface area contributed by atoms with Crippen molar-refractivity contribution in [3.63, 3.8) is 0 Å². The van der Waals surface area contributed by atoms with E-state index in [1.165, 1.54) is 6.07 Å². The van der Waals surface area contributed by atoms with Gasteiger partial charge in [-0.05, 0) is 12.1 Å². The Labute approximate surface area is 114 Å². The number of thiazole rings is 1. The highest BCUT2D eigenvalue weighted by molar-refractivity contribution is 7.99. The molecule has 5 heteroatoms. The third-order valence-electron chi connectivity index (χ3n) is 2.89. The summed E-state index contributed by atoms with van der Waals surface area (Å²) in [5, 5.41) is 6.44. The largest absolute Gasteiger partial charge is 0.306 e. The molecule has 0 radical (unpaired) electrons. The fourth-order valence-electron chi connectivity index (χ4n) is 1.96. The van der Waals surface area contributed by atoms with Gasteiger partial charge in [0.05, 0.1) is 11.7 Å². The van der Waals surface area contributed by atoms with Gasteiger partial charge in [0.1, 0.15) is 10.8 Å². The van der Waals surface area contributed by atoms with Crippen molar-refractivity contribution in [2.24, 2.45) is 0 Å². The van der Waals surface area contributed by atoms with Crippen LogP contribution in [0.3, 0.4) is 0 Å². The fraction of sp³-hybridized carbons (Fsp3) is 0.308. The summed E-state index contributed by atoms with van der Waals surface area (Å²) in [5.41, 5.74) is 1.33. The highest BCUT2D eigenvalue weighted by atomic mass is 32.2. The molecule has 3 rings (SSSR count). The Kier molecular flexibility index (Phi) is 3.63. The van der Waals surface area contributed by atoms with Crippen LogP contribution in [-0.2, 0) is 0 Å². The number of rotatable bonds is 2. The topological polar surface area (TPSA) is 24.9 Å². The third kappa shape index (κ3) is 2.43. The molecular weight excluding hydrogens is 267 g/mol. The van der Waals surface area contributed by atoms with Gasteiger partial charge in [-0.3, -0.25) is 0 Å². The van der Waals surface area contributed by atoms with E-state index in [9.17, 15) is 4.39 Å². The molecule has 1 fully saturated rings. The number of nitrogens with zero attached hydrogens (tertiary/aromatic N) is 1. The summed E-state index contributed by atoms with van der Waals surface area (Å²) in [4.78, 5) is 4.57. The van der Waals surface area contributed by atoms with Crippen LogP contribution >= 0.6 is 23.1 Å². The van der Waals surface area contributed by atoms with Crippen LogP contribution in [0.25, 0.3) is 11.3 Å². The maximum atomic E-state index is 13.7. The molecule has 0 saturated carbocycles. The number of aromatic nitrogens is 1. The van der Waals surface area contributed by atoms with Crippen molar-refractivity contribution < 1.29 is 4.39 Å². The second kappa shape index (κ2) is 5.38. The van der Waals surface area contributed by atoms with Crippen LogP contribution in [-0.4, -0.2) is 23.0 Å². The molecule has 1 N–H and O–H groups in total. The standard InChI is InChI=1S/C13H13FN2S2/c14-10-4-2-1-3-9(10)11-8-18-13(16-11)12-7-17-6-5-15-12/h1-4,8,12,15H,5-7H2. The van der Waals surface area contributed by atoms with Crippen LogP contribution in [0.4, 0.5) is 4.39 Å². The number of benzene rings is 1. The molecule has 18 heavy (non-hydrogen) atoms. The Bertz CT molecular complexity index is 535. The second-order valence-electron chi connectivity index (χ2n) is 4.13. The Morgan fingerprint density at radius 2 is 2.22 bits per heavy atom. The maximum absolute atomic E-state index is 13.7. The number of hydrogen-bond acceptors (Lipinski definition) is 4. The van der Waals surface area contributed by atoms with E-state index in [1.54, 1.807) is 23.5 Å².